The first-order valence-corrected chi connectivity index (χ1v) is 2.90. The summed E-state index contributed by atoms with van der Waals surface area (Å²) in [6.07, 6.45) is 2.65. The molecule has 0 fully saturated rings. The van der Waals surface area contributed by atoms with Gasteiger partial charge in [0.25, 0.3) is 0 Å². The van der Waals surface area contributed by atoms with Crippen LogP contribution in [-0.4, -0.2) is 12.7 Å². The van der Waals surface area contributed by atoms with Gasteiger partial charge in [-0.05, 0) is 12.5 Å². The Labute approximate surface area is 60.2 Å². The van der Waals surface area contributed by atoms with Gasteiger partial charge in [-0.25, -0.2) is 4.79 Å². The van der Waals surface area contributed by atoms with Crippen LogP contribution in [-0.2, 0) is 4.74 Å². The zero-order chi connectivity index (χ0) is 7.98. The summed E-state index contributed by atoms with van der Waals surface area (Å²) in [6.45, 7) is 5.55. The van der Waals surface area contributed by atoms with E-state index in [0.29, 0.717) is 0 Å². The maximum absolute atomic E-state index is 10.1. The molecule has 3 nitrogen and oxygen atoms in total. The van der Waals surface area contributed by atoms with Gasteiger partial charge in [0.05, 0.1) is 0 Å². The molecule has 0 aliphatic heterocycles. The van der Waals surface area contributed by atoms with Crippen molar-refractivity contribution in [2.45, 2.75) is 6.92 Å². The summed E-state index contributed by atoms with van der Waals surface area (Å²) in [5.41, 5.74) is 5.57. The number of hydrogen-bond donors (Lipinski definition) is 1. The monoisotopic (exact) mass is 141 g/mol. The Bertz CT molecular complexity index is 161. The molecule has 0 aliphatic rings. The van der Waals surface area contributed by atoms with E-state index in [4.69, 9.17) is 5.73 Å². The van der Waals surface area contributed by atoms with Crippen LogP contribution >= 0.6 is 0 Å². The molecule has 0 heterocycles. The summed E-state index contributed by atoms with van der Waals surface area (Å²) in [6, 6.07) is 0. The van der Waals surface area contributed by atoms with Crippen LogP contribution in [0.4, 0.5) is 4.79 Å². The van der Waals surface area contributed by atoms with Gasteiger partial charge in [0.2, 0.25) is 0 Å². The first-order chi connectivity index (χ1) is 4.70. The van der Waals surface area contributed by atoms with Crippen LogP contribution in [0.2, 0.25) is 0 Å². The van der Waals surface area contributed by atoms with Crippen LogP contribution in [0.15, 0.2) is 24.3 Å². The van der Waals surface area contributed by atoms with Gasteiger partial charge in [0.15, 0.2) is 0 Å². The van der Waals surface area contributed by atoms with Gasteiger partial charge >= 0.3 is 6.09 Å². The summed E-state index contributed by atoms with van der Waals surface area (Å²) >= 11 is 0. The molecular formula is C7H11NO2. The minimum atomic E-state index is -0.763. The largest absolute Gasteiger partial charge is 0.445 e. The molecule has 1 amide bonds. The fourth-order valence-corrected chi connectivity index (χ4v) is 0.415. The van der Waals surface area contributed by atoms with Gasteiger partial charge in [-0.15, -0.1) is 0 Å². The number of hydrogen-bond acceptors (Lipinski definition) is 2. The first-order valence-electron chi connectivity index (χ1n) is 2.90. The van der Waals surface area contributed by atoms with Crippen molar-refractivity contribution in [2.75, 3.05) is 6.61 Å². The van der Waals surface area contributed by atoms with Crippen LogP contribution < -0.4 is 5.73 Å². The molecule has 0 aromatic heterocycles. The Morgan fingerprint density at radius 2 is 2.40 bits per heavy atom. The quantitative estimate of drug-likeness (QED) is 0.600. The van der Waals surface area contributed by atoms with E-state index in [9.17, 15) is 4.79 Å². The van der Waals surface area contributed by atoms with Crippen LogP contribution in [0.1, 0.15) is 6.92 Å². The van der Waals surface area contributed by atoms with Gasteiger partial charge in [-0.1, -0.05) is 18.7 Å². The highest BCUT2D eigenvalue weighted by atomic mass is 16.5. The molecule has 3 heteroatoms. The highest BCUT2D eigenvalue weighted by Gasteiger charge is 1.93. The molecule has 0 aromatic rings. The van der Waals surface area contributed by atoms with Crippen LogP contribution in [0.5, 0.6) is 0 Å². The molecule has 0 saturated heterocycles. The molecule has 0 bridgehead atoms. The zero-order valence-corrected chi connectivity index (χ0v) is 5.96. The van der Waals surface area contributed by atoms with E-state index in [1.54, 1.807) is 12.2 Å². The van der Waals surface area contributed by atoms with E-state index < -0.39 is 6.09 Å². The molecule has 0 atom stereocenters. The Morgan fingerprint density at radius 1 is 1.80 bits per heavy atom. The maximum Gasteiger partial charge on any atom is 0.404 e. The molecule has 10 heavy (non-hydrogen) atoms. The highest BCUT2D eigenvalue weighted by Crippen LogP contribution is 1.94. The van der Waals surface area contributed by atoms with Crippen molar-refractivity contribution in [1.29, 1.82) is 0 Å². The number of ether oxygens (including phenoxy) is 1. The van der Waals surface area contributed by atoms with Crippen LogP contribution in [0.3, 0.4) is 0 Å². The van der Waals surface area contributed by atoms with Crippen molar-refractivity contribution in [3.05, 3.63) is 24.3 Å². The normalized spacial score (nSPS) is 10.7. The maximum atomic E-state index is 10.1. The highest BCUT2D eigenvalue weighted by molar-refractivity contribution is 5.64. The van der Waals surface area contributed by atoms with Crippen molar-refractivity contribution < 1.29 is 9.53 Å². The molecule has 0 saturated carbocycles. The van der Waals surface area contributed by atoms with E-state index in [-0.39, 0.29) is 6.61 Å². The minimum absolute atomic E-state index is 0.204. The molecule has 56 valence electrons. The number of carbonyl (C=O) groups excluding carboxylic acids is 1. The average Bonchev–Trinajstić information content (AvgIpc) is 1.90. The molecule has 2 N–H and O–H groups in total. The summed E-state index contributed by atoms with van der Waals surface area (Å²) < 4.78 is 4.49. The fraction of sp³-hybridized carbons (Fsp3) is 0.286. The molecule has 0 rings (SSSR count). The molecule has 0 radical (unpaired) electrons. The van der Waals surface area contributed by atoms with E-state index >= 15 is 0 Å². The SMILES string of the molecule is C=C/C(=C\C)COC(N)=O. The average molecular weight is 141 g/mol. The molecule has 0 aromatic carbocycles. The second kappa shape index (κ2) is 4.61. The summed E-state index contributed by atoms with van der Waals surface area (Å²) in [4.78, 5) is 10.1. The third-order valence-electron chi connectivity index (χ3n) is 1.01. The van der Waals surface area contributed by atoms with E-state index in [2.05, 4.69) is 11.3 Å². The van der Waals surface area contributed by atoms with Gasteiger partial charge in [-0.3, -0.25) is 0 Å². The number of nitrogens with two attached hydrogens (primary N) is 1. The number of amides is 1. The number of primary amides is 1. The number of carbonyl (C=O) groups is 1. The zero-order valence-electron chi connectivity index (χ0n) is 5.96. The number of allylic oxidation sites excluding steroid dienone is 1. The Kier molecular flexibility index (Phi) is 4.04. The fourth-order valence-electron chi connectivity index (χ4n) is 0.415. The summed E-state index contributed by atoms with van der Waals surface area (Å²) in [5.74, 6) is 0. The van der Waals surface area contributed by atoms with Crippen LogP contribution in [0, 0.1) is 0 Å². The Balaban J connectivity index is 3.66. The molecule has 0 unspecified atom stereocenters. The van der Waals surface area contributed by atoms with Gasteiger partial charge in [0, 0.05) is 0 Å². The lowest BCUT2D eigenvalue weighted by Gasteiger charge is -1.99. The standard InChI is InChI=1S/C7H11NO2/c1-3-6(4-2)5-10-7(8)9/h3-4H,1,5H2,2H3,(H2,8,9)/b6-4+. The summed E-state index contributed by atoms with van der Waals surface area (Å²) in [7, 11) is 0. The van der Waals surface area contributed by atoms with Gasteiger partial charge in [0.1, 0.15) is 6.61 Å². The first kappa shape index (κ1) is 8.75. The number of rotatable bonds is 3. The second-order valence-electron chi connectivity index (χ2n) is 1.68. The van der Waals surface area contributed by atoms with Crippen molar-refractivity contribution in [3.8, 4) is 0 Å². The van der Waals surface area contributed by atoms with Crippen molar-refractivity contribution >= 4 is 6.09 Å². The smallest absolute Gasteiger partial charge is 0.404 e. The van der Waals surface area contributed by atoms with Gasteiger partial charge in [-0.2, -0.15) is 0 Å². The predicted molar refractivity (Wildman–Crippen MR) is 39.5 cm³/mol. The van der Waals surface area contributed by atoms with Crippen molar-refractivity contribution in [2.24, 2.45) is 5.73 Å². The molecule has 0 aliphatic carbocycles. The third-order valence-corrected chi connectivity index (χ3v) is 1.01. The van der Waals surface area contributed by atoms with Crippen LogP contribution in [0.25, 0.3) is 0 Å². The Hall–Kier alpha value is -1.25. The molecular weight excluding hydrogens is 130 g/mol. The third kappa shape index (κ3) is 3.72. The Morgan fingerprint density at radius 3 is 2.70 bits per heavy atom. The second-order valence-corrected chi connectivity index (χ2v) is 1.68. The summed E-state index contributed by atoms with van der Waals surface area (Å²) in [5, 5.41) is 0. The van der Waals surface area contributed by atoms with Gasteiger partial charge < -0.3 is 10.5 Å². The van der Waals surface area contributed by atoms with Crippen molar-refractivity contribution in [1.82, 2.24) is 0 Å². The topological polar surface area (TPSA) is 52.3 Å². The lowest BCUT2D eigenvalue weighted by molar-refractivity contribution is 0.167. The van der Waals surface area contributed by atoms with E-state index in [0.717, 1.165) is 5.57 Å². The van der Waals surface area contributed by atoms with E-state index in [1.807, 2.05) is 6.92 Å². The predicted octanol–water partition coefficient (Wildman–Crippen LogP) is 1.21. The lowest BCUT2D eigenvalue weighted by Crippen LogP contribution is -2.14. The van der Waals surface area contributed by atoms with E-state index in [1.165, 1.54) is 0 Å². The minimum Gasteiger partial charge on any atom is -0.445 e. The lowest BCUT2D eigenvalue weighted by atomic mass is 10.3. The van der Waals surface area contributed by atoms with Crippen molar-refractivity contribution in [3.63, 3.8) is 0 Å². The molecule has 0 spiro atoms.